The predicted molar refractivity (Wildman–Crippen MR) is 64.0 cm³/mol. The molecule has 0 aliphatic carbocycles. The van der Waals surface area contributed by atoms with Crippen LogP contribution in [0, 0.1) is 11.6 Å². The van der Waals surface area contributed by atoms with Crippen LogP contribution in [0.3, 0.4) is 0 Å². The monoisotopic (exact) mass is 268 g/mol. The number of hydrogen-bond donors (Lipinski definition) is 1. The molecular weight excluding hydrogens is 254 g/mol. The van der Waals surface area contributed by atoms with Crippen molar-refractivity contribution in [3.05, 3.63) is 35.4 Å². The van der Waals surface area contributed by atoms with Crippen LogP contribution in [-0.4, -0.2) is 29.8 Å². The van der Waals surface area contributed by atoms with Crippen molar-refractivity contribution in [2.75, 3.05) is 13.1 Å². The van der Waals surface area contributed by atoms with Crippen molar-refractivity contribution in [3.63, 3.8) is 0 Å². The minimum Gasteiger partial charge on any atom is -0.350 e. The summed E-state index contributed by atoms with van der Waals surface area (Å²) in [5.41, 5.74) is 0.211. The van der Waals surface area contributed by atoms with Crippen LogP contribution in [0.25, 0.3) is 0 Å². The van der Waals surface area contributed by atoms with Gasteiger partial charge < -0.3 is 10.2 Å². The Bertz CT molecular complexity index is 505. The fourth-order valence-electron chi connectivity index (χ4n) is 1.96. The average Bonchev–Trinajstić information content (AvgIpc) is 2.74. The number of halogens is 2. The van der Waals surface area contributed by atoms with Gasteiger partial charge in [0.05, 0.1) is 6.54 Å². The van der Waals surface area contributed by atoms with Crippen LogP contribution in [-0.2, 0) is 16.1 Å². The number of likely N-dealkylation sites (tertiary alicyclic amines) is 1. The summed E-state index contributed by atoms with van der Waals surface area (Å²) < 4.78 is 26.0. The highest BCUT2D eigenvalue weighted by Crippen LogP contribution is 2.10. The second kappa shape index (κ2) is 5.77. The summed E-state index contributed by atoms with van der Waals surface area (Å²) in [5, 5.41) is 2.51. The van der Waals surface area contributed by atoms with E-state index in [0.29, 0.717) is 13.0 Å². The van der Waals surface area contributed by atoms with Crippen LogP contribution in [0.15, 0.2) is 18.2 Å². The number of carbonyl (C=O) groups is 2. The van der Waals surface area contributed by atoms with E-state index in [-0.39, 0.29) is 30.5 Å². The Balaban J connectivity index is 1.84. The number of rotatable bonds is 4. The Kier molecular flexibility index (Phi) is 4.09. The van der Waals surface area contributed by atoms with Crippen LogP contribution < -0.4 is 5.32 Å². The van der Waals surface area contributed by atoms with E-state index in [1.165, 1.54) is 11.0 Å². The van der Waals surface area contributed by atoms with Gasteiger partial charge in [-0.25, -0.2) is 8.78 Å². The number of benzene rings is 1. The Morgan fingerprint density at radius 1 is 1.37 bits per heavy atom. The lowest BCUT2D eigenvalue weighted by atomic mass is 10.2. The van der Waals surface area contributed by atoms with Gasteiger partial charge in [-0.05, 0) is 12.5 Å². The molecule has 4 nitrogen and oxygen atoms in total. The molecule has 1 aromatic rings. The zero-order chi connectivity index (χ0) is 13.8. The van der Waals surface area contributed by atoms with Gasteiger partial charge in [0, 0.05) is 31.1 Å². The van der Waals surface area contributed by atoms with Gasteiger partial charge >= 0.3 is 0 Å². The SMILES string of the molecule is O=C(CN1CCCC1=O)NCc1ccc(F)cc1F. The van der Waals surface area contributed by atoms with E-state index in [2.05, 4.69) is 5.32 Å². The third-order valence-electron chi connectivity index (χ3n) is 3.00. The lowest BCUT2D eigenvalue weighted by Crippen LogP contribution is -2.37. The smallest absolute Gasteiger partial charge is 0.239 e. The van der Waals surface area contributed by atoms with Crippen LogP contribution in [0.4, 0.5) is 8.78 Å². The van der Waals surface area contributed by atoms with Crippen LogP contribution in [0.2, 0.25) is 0 Å². The average molecular weight is 268 g/mol. The molecule has 1 saturated heterocycles. The number of amides is 2. The maximum Gasteiger partial charge on any atom is 0.239 e. The van der Waals surface area contributed by atoms with Crippen LogP contribution in [0.1, 0.15) is 18.4 Å². The first-order chi connectivity index (χ1) is 9.06. The van der Waals surface area contributed by atoms with Gasteiger partial charge in [0.25, 0.3) is 0 Å². The molecular formula is C13H14F2N2O2. The van der Waals surface area contributed by atoms with Gasteiger partial charge in [-0.2, -0.15) is 0 Å². The number of carbonyl (C=O) groups excluding carboxylic acids is 2. The minimum absolute atomic E-state index is 0.0123. The highest BCUT2D eigenvalue weighted by Gasteiger charge is 2.22. The summed E-state index contributed by atoms with van der Waals surface area (Å²) in [4.78, 5) is 24.4. The molecule has 1 fully saturated rings. The molecule has 1 aliphatic heterocycles. The molecule has 6 heteroatoms. The van der Waals surface area contributed by atoms with E-state index in [1.807, 2.05) is 0 Å². The van der Waals surface area contributed by atoms with Crippen molar-refractivity contribution >= 4 is 11.8 Å². The summed E-state index contributed by atoms with van der Waals surface area (Å²) >= 11 is 0. The largest absolute Gasteiger partial charge is 0.350 e. The van der Waals surface area contributed by atoms with Crippen molar-refractivity contribution in [1.29, 1.82) is 0 Å². The third-order valence-corrected chi connectivity index (χ3v) is 3.00. The van der Waals surface area contributed by atoms with Crippen molar-refractivity contribution in [1.82, 2.24) is 10.2 Å². The molecule has 0 saturated carbocycles. The lowest BCUT2D eigenvalue weighted by molar-refractivity contribution is -0.133. The van der Waals surface area contributed by atoms with Gasteiger partial charge in [0.2, 0.25) is 11.8 Å². The first-order valence-corrected chi connectivity index (χ1v) is 6.04. The molecule has 1 N–H and O–H groups in total. The summed E-state index contributed by atoms with van der Waals surface area (Å²) in [6.07, 6.45) is 1.23. The molecule has 0 atom stereocenters. The Labute approximate surface area is 109 Å². The topological polar surface area (TPSA) is 49.4 Å². The summed E-state index contributed by atoms with van der Waals surface area (Å²) in [6, 6.07) is 3.19. The van der Waals surface area contributed by atoms with E-state index in [1.54, 1.807) is 0 Å². The molecule has 1 heterocycles. The van der Waals surface area contributed by atoms with Crippen molar-refractivity contribution in [3.8, 4) is 0 Å². The van der Waals surface area contributed by atoms with Crippen LogP contribution in [0.5, 0.6) is 0 Å². The molecule has 19 heavy (non-hydrogen) atoms. The molecule has 2 rings (SSSR count). The molecule has 102 valence electrons. The third kappa shape index (κ3) is 3.49. The highest BCUT2D eigenvalue weighted by atomic mass is 19.1. The van der Waals surface area contributed by atoms with E-state index < -0.39 is 11.6 Å². The zero-order valence-electron chi connectivity index (χ0n) is 10.3. The van der Waals surface area contributed by atoms with Crippen molar-refractivity contribution in [2.45, 2.75) is 19.4 Å². The van der Waals surface area contributed by atoms with Gasteiger partial charge in [0.1, 0.15) is 11.6 Å². The zero-order valence-corrected chi connectivity index (χ0v) is 10.3. The normalized spacial score (nSPS) is 14.8. The Hall–Kier alpha value is -1.98. The molecule has 0 spiro atoms. The standard InChI is InChI=1S/C13H14F2N2O2/c14-10-4-3-9(11(15)6-10)7-16-12(18)8-17-5-1-2-13(17)19/h3-4,6H,1-2,5,7-8H2,(H,16,18). The van der Waals surface area contributed by atoms with E-state index in [9.17, 15) is 18.4 Å². The molecule has 0 unspecified atom stereocenters. The molecule has 2 amide bonds. The molecule has 1 aliphatic rings. The van der Waals surface area contributed by atoms with Crippen molar-refractivity contribution < 1.29 is 18.4 Å². The van der Waals surface area contributed by atoms with E-state index in [4.69, 9.17) is 0 Å². The number of nitrogens with zero attached hydrogens (tertiary/aromatic N) is 1. The van der Waals surface area contributed by atoms with Gasteiger partial charge in [0.15, 0.2) is 0 Å². The van der Waals surface area contributed by atoms with E-state index in [0.717, 1.165) is 18.6 Å². The van der Waals surface area contributed by atoms with E-state index >= 15 is 0 Å². The predicted octanol–water partition coefficient (Wildman–Crippen LogP) is 1.20. The summed E-state index contributed by atoms with van der Waals surface area (Å²) in [7, 11) is 0. The molecule has 0 bridgehead atoms. The molecule has 1 aromatic carbocycles. The lowest BCUT2D eigenvalue weighted by Gasteiger charge is -2.15. The quantitative estimate of drug-likeness (QED) is 0.892. The Morgan fingerprint density at radius 3 is 2.79 bits per heavy atom. The summed E-state index contributed by atoms with van der Waals surface area (Å²) in [5.74, 6) is -1.74. The fourth-order valence-corrected chi connectivity index (χ4v) is 1.96. The van der Waals surface area contributed by atoms with Crippen molar-refractivity contribution in [2.24, 2.45) is 0 Å². The maximum absolute atomic E-state index is 13.3. The van der Waals surface area contributed by atoms with Gasteiger partial charge in [-0.15, -0.1) is 0 Å². The Morgan fingerprint density at radius 2 is 2.16 bits per heavy atom. The number of hydrogen-bond acceptors (Lipinski definition) is 2. The van der Waals surface area contributed by atoms with Crippen LogP contribution >= 0.6 is 0 Å². The highest BCUT2D eigenvalue weighted by molar-refractivity contribution is 5.85. The first-order valence-electron chi connectivity index (χ1n) is 6.04. The van der Waals surface area contributed by atoms with Gasteiger partial charge in [-0.1, -0.05) is 6.07 Å². The second-order valence-electron chi connectivity index (χ2n) is 4.43. The molecule has 0 aromatic heterocycles. The molecule has 0 radical (unpaired) electrons. The fraction of sp³-hybridized carbons (Fsp3) is 0.385. The minimum atomic E-state index is -0.697. The second-order valence-corrected chi connectivity index (χ2v) is 4.43. The maximum atomic E-state index is 13.3. The van der Waals surface area contributed by atoms with Gasteiger partial charge in [-0.3, -0.25) is 9.59 Å². The summed E-state index contributed by atoms with van der Waals surface area (Å²) in [6.45, 7) is 0.547. The number of nitrogens with one attached hydrogen (secondary N) is 1. The first kappa shape index (κ1) is 13.5.